The van der Waals surface area contributed by atoms with E-state index in [4.69, 9.17) is 11.6 Å². The summed E-state index contributed by atoms with van der Waals surface area (Å²) in [4.78, 5) is 0. The van der Waals surface area contributed by atoms with Gasteiger partial charge < -0.3 is 0 Å². The highest BCUT2D eigenvalue weighted by Gasteiger charge is 2.55. The van der Waals surface area contributed by atoms with Crippen LogP contribution >= 0.6 is 22.9 Å². The summed E-state index contributed by atoms with van der Waals surface area (Å²) in [5.41, 5.74) is 1.38. The smallest absolute Gasteiger partial charge is 0.0633 e. The van der Waals surface area contributed by atoms with Gasteiger partial charge in [-0.05, 0) is 53.0 Å². The van der Waals surface area contributed by atoms with Gasteiger partial charge in [0, 0.05) is 4.70 Å². The van der Waals surface area contributed by atoms with Crippen molar-refractivity contribution in [3.8, 4) is 0 Å². The summed E-state index contributed by atoms with van der Waals surface area (Å²) in [7, 11) is 0. The van der Waals surface area contributed by atoms with Gasteiger partial charge in [0.15, 0.2) is 0 Å². The summed E-state index contributed by atoms with van der Waals surface area (Å²) in [5.74, 6) is 2.65. The summed E-state index contributed by atoms with van der Waals surface area (Å²) in [6, 6.07) is 8.64. The van der Waals surface area contributed by atoms with Crippen LogP contribution in [0.2, 0.25) is 0 Å². The minimum atomic E-state index is 0.251. The molecule has 88 valence electrons. The first-order valence-electron chi connectivity index (χ1n) is 6.46. The molecule has 4 rings (SSSR count). The molecule has 0 nitrogen and oxygen atoms in total. The Morgan fingerprint density at radius 3 is 2.76 bits per heavy atom. The third-order valence-corrected chi connectivity index (χ3v) is 6.13. The van der Waals surface area contributed by atoms with E-state index in [9.17, 15) is 0 Å². The first kappa shape index (κ1) is 10.4. The summed E-state index contributed by atoms with van der Waals surface area (Å²) in [6.07, 6.45) is 4.26. The van der Waals surface area contributed by atoms with Crippen LogP contribution in [0, 0.1) is 17.8 Å². The van der Waals surface area contributed by atoms with Crippen molar-refractivity contribution in [2.45, 2.75) is 24.6 Å². The van der Waals surface area contributed by atoms with Gasteiger partial charge in [0.25, 0.3) is 0 Å². The molecule has 3 atom stereocenters. The Kier molecular flexibility index (Phi) is 2.28. The molecule has 2 aromatic rings. The van der Waals surface area contributed by atoms with Crippen molar-refractivity contribution in [2.75, 3.05) is 0 Å². The topological polar surface area (TPSA) is 0 Å². The van der Waals surface area contributed by atoms with Crippen LogP contribution in [0.25, 0.3) is 10.1 Å². The fourth-order valence-electron chi connectivity index (χ4n) is 3.73. The van der Waals surface area contributed by atoms with Gasteiger partial charge in [-0.1, -0.05) is 24.6 Å². The van der Waals surface area contributed by atoms with Gasteiger partial charge in [0.2, 0.25) is 0 Å². The fraction of sp³-hybridized carbons (Fsp3) is 0.467. The van der Waals surface area contributed by atoms with Crippen molar-refractivity contribution in [3.05, 3.63) is 35.2 Å². The molecule has 2 saturated carbocycles. The van der Waals surface area contributed by atoms with Gasteiger partial charge in [0.1, 0.15) is 0 Å². The van der Waals surface area contributed by atoms with Crippen molar-refractivity contribution in [1.82, 2.24) is 0 Å². The van der Waals surface area contributed by atoms with Gasteiger partial charge in [-0.3, -0.25) is 0 Å². The Labute approximate surface area is 111 Å². The molecule has 0 N–H and O–H groups in total. The molecule has 0 saturated heterocycles. The average molecular weight is 263 g/mol. The Balaban J connectivity index is 1.70. The fourth-order valence-corrected chi connectivity index (χ4v) is 5.36. The number of alkyl halides is 1. The van der Waals surface area contributed by atoms with Crippen LogP contribution < -0.4 is 0 Å². The number of hydrogen-bond donors (Lipinski definition) is 0. The highest BCUT2D eigenvalue weighted by atomic mass is 35.5. The first-order valence-corrected chi connectivity index (χ1v) is 7.78. The van der Waals surface area contributed by atoms with E-state index >= 15 is 0 Å². The van der Waals surface area contributed by atoms with E-state index in [1.807, 2.05) is 11.3 Å². The van der Waals surface area contributed by atoms with Crippen molar-refractivity contribution < 1.29 is 0 Å². The third kappa shape index (κ3) is 1.49. The van der Waals surface area contributed by atoms with Crippen LogP contribution in [0.15, 0.2) is 29.6 Å². The maximum Gasteiger partial charge on any atom is 0.0633 e. The zero-order chi connectivity index (χ0) is 11.4. The minimum Gasteiger partial charge on any atom is -0.143 e. The minimum absolute atomic E-state index is 0.251. The Bertz CT molecular complexity index is 549. The zero-order valence-electron chi connectivity index (χ0n) is 9.60. The van der Waals surface area contributed by atoms with E-state index in [-0.39, 0.29) is 5.38 Å². The van der Waals surface area contributed by atoms with Crippen LogP contribution in [0.4, 0.5) is 0 Å². The summed E-state index contributed by atoms with van der Waals surface area (Å²) in [5, 5.41) is 3.90. The van der Waals surface area contributed by atoms with Crippen molar-refractivity contribution >= 4 is 33.0 Å². The average Bonchev–Trinajstić information content (AvgIpc) is 2.77. The molecule has 3 unspecified atom stereocenters. The lowest BCUT2D eigenvalue weighted by atomic mass is 10.0. The highest BCUT2D eigenvalue weighted by Crippen LogP contribution is 2.64. The quantitative estimate of drug-likeness (QED) is 0.651. The van der Waals surface area contributed by atoms with Gasteiger partial charge in [-0.25, -0.2) is 0 Å². The first-order chi connectivity index (χ1) is 8.36. The van der Waals surface area contributed by atoms with Crippen LogP contribution in [-0.4, -0.2) is 0 Å². The largest absolute Gasteiger partial charge is 0.143 e. The van der Waals surface area contributed by atoms with Crippen LogP contribution in [0.5, 0.6) is 0 Å². The molecule has 0 bridgehead atoms. The molecule has 0 aliphatic heterocycles. The highest BCUT2D eigenvalue weighted by molar-refractivity contribution is 7.17. The third-order valence-electron chi connectivity index (χ3n) is 4.62. The van der Waals surface area contributed by atoms with Gasteiger partial charge in [-0.15, -0.1) is 22.9 Å². The van der Waals surface area contributed by atoms with E-state index in [1.54, 1.807) is 0 Å². The number of fused-ring (bicyclic) bond motifs is 2. The number of benzene rings is 1. The van der Waals surface area contributed by atoms with E-state index < -0.39 is 0 Å². The summed E-state index contributed by atoms with van der Waals surface area (Å²) in [6.45, 7) is 0. The Morgan fingerprint density at radius 2 is 1.94 bits per heavy atom. The maximum atomic E-state index is 6.73. The molecule has 1 heterocycles. The van der Waals surface area contributed by atoms with E-state index in [2.05, 4.69) is 29.6 Å². The SMILES string of the molecule is ClC(c1csc2ccccc12)C1C2CCCC21. The van der Waals surface area contributed by atoms with E-state index in [0.29, 0.717) is 0 Å². The molecule has 2 aliphatic rings. The Hall–Kier alpha value is -0.530. The second-order valence-electron chi connectivity index (χ2n) is 5.42. The summed E-state index contributed by atoms with van der Waals surface area (Å²) >= 11 is 8.56. The molecule has 0 spiro atoms. The number of halogens is 1. The van der Waals surface area contributed by atoms with Crippen LogP contribution in [0.3, 0.4) is 0 Å². The molecule has 1 aromatic carbocycles. The van der Waals surface area contributed by atoms with Gasteiger partial charge in [0.05, 0.1) is 5.38 Å². The van der Waals surface area contributed by atoms with Crippen molar-refractivity contribution in [1.29, 1.82) is 0 Å². The summed E-state index contributed by atoms with van der Waals surface area (Å²) < 4.78 is 1.37. The van der Waals surface area contributed by atoms with Crippen molar-refractivity contribution in [3.63, 3.8) is 0 Å². The van der Waals surface area contributed by atoms with Gasteiger partial charge in [-0.2, -0.15) is 0 Å². The molecule has 2 fully saturated rings. The van der Waals surface area contributed by atoms with E-state index in [1.165, 1.54) is 34.9 Å². The normalized spacial score (nSPS) is 32.6. The maximum absolute atomic E-state index is 6.73. The van der Waals surface area contributed by atoms with Gasteiger partial charge >= 0.3 is 0 Å². The lowest BCUT2D eigenvalue weighted by molar-refractivity contribution is 0.576. The molecule has 2 aliphatic carbocycles. The van der Waals surface area contributed by atoms with Crippen molar-refractivity contribution in [2.24, 2.45) is 17.8 Å². The number of hydrogen-bond acceptors (Lipinski definition) is 1. The second-order valence-corrected chi connectivity index (χ2v) is 6.81. The molecule has 0 radical (unpaired) electrons. The van der Waals surface area contributed by atoms with E-state index in [0.717, 1.165) is 17.8 Å². The molecule has 0 amide bonds. The molecule has 17 heavy (non-hydrogen) atoms. The molecular formula is C15H15ClS. The number of rotatable bonds is 2. The zero-order valence-corrected chi connectivity index (χ0v) is 11.2. The monoisotopic (exact) mass is 262 g/mol. The lowest BCUT2D eigenvalue weighted by Gasteiger charge is -2.10. The molecular weight excluding hydrogens is 248 g/mol. The molecule has 2 heteroatoms. The Morgan fingerprint density at radius 1 is 1.18 bits per heavy atom. The predicted octanol–water partition coefficient (Wildman–Crippen LogP) is 5.23. The predicted molar refractivity (Wildman–Crippen MR) is 74.7 cm³/mol. The van der Waals surface area contributed by atoms with Crippen LogP contribution in [-0.2, 0) is 0 Å². The standard InChI is InChI=1S/C15H15ClS/c16-15(14-10-5-3-6-11(10)14)12-8-17-13-7-2-1-4-9(12)13/h1-2,4,7-8,10-11,14-15H,3,5-6H2. The second kappa shape index (κ2) is 3.73. The van der Waals surface area contributed by atoms with Crippen LogP contribution in [0.1, 0.15) is 30.2 Å². The molecule has 1 aromatic heterocycles. The number of thiophene rings is 1. The lowest BCUT2D eigenvalue weighted by Crippen LogP contribution is -1.97.